The molecule has 2 heterocycles. The van der Waals surface area contributed by atoms with Gasteiger partial charge in [-0.25, -0.2) is 13.2 Å². The number of piperidine rings is 1. The smallest absolute Gasteiger partial charge is 0.409 e. The maximum Gasteiger partial charge on any atom is 0.409 e. The molecule has 0 atom stereocenters. The van der Waals surface area contributed by atoms with Gasteiger partial charge in [0, 0.05) is 45.2 Å². The Morgan fingerprint density at radius 1 is 1.12 bits per heavy atom. The van der Waals surface area contributed by atoms with Gasteiger partial charge in [-0.2, -0.15) is 4.31 Å². The Balaban J connectivity index is 1.90. The first-order valence-corrected chi connectivity index (χ1v) is 10.9. The van der Waals surface area contributed by atoms with Crippen molar-refractivity contribution < 1.29 is 27.5 Å². The predicted molar refractivity (Wildman–Crippen MR) is 95.2 cm³/mol. The number of carbonyl (C=O) groups is 2. The van der Waals surface area contributed by atoms with Gasteiger partial charge in [-0.1, -0.05) is 0 Å². The van der Waals surface area contributed by atoms with E-state index in [1.54, 1.807) is 16.7 Å². The molecular formula is C16H29N3O6S. The van der Waals surface area contributed by atoms with E-state index in [0.29, 0.717) is 58.8 Å². The highest BCUT2D eigenvalue weighted by Crippen LogP contribution is 2.20. The van der Waals surface area contributed by atoms with Gasteiger partial charge in [-0.05, 0) is 19.8 Å². The monoisotopic (exact) mass is 391 g/mol. The fourth-order valence-electron chi connectivity index (χ4n) is 3.35. The third kappa shape index (κ3) is 5.82. The molecule has 2 saturated heterocycles. The zero-order valence-electron chi connectivity index (χ0n) is 15.6. The molecule has 0 bridgehead atoms. The molecule has 2 aliphatic heterocycles. The fourth-order valence-corrected chi connectivity index (χ4v) is 4.52. The van der Waals surface area contributed by atoms with Crippen LogP contribution in [-0.2, 0) is 24.3 Å². The number of rotatable bonds is 6. The molecule has 150 valence electrons. The molecule has 2 fully saturated rings. The van der Waals surface area contributed by atoms with Gasteiger partial charge in [0.2, 0.25) is 15.9 Å². The normalized spacial score (nSPS) is 19.7. The lowest BCUT2D eigenvalue weighted by molar-refractivity contribution is -0.135. The molecule has 2 aliphatic rings. The number of likely N-dealkylation sites (tertiary alicyclic amines) is 1. The van der Waals surface area contributed by atoms with Crippen molar-refractivity contribution in [2.75, 3.05) is 58.8 Å². The second-order valence-electron chi connectivity index (χ2n) is 6.53. The summed E-state index contributed by atoms with van der Waals surface area (Å²) < 4.78 is 36.1. The molecule has 0 radical (unpaired) electrons. The number of hydrogen-bond donors (Lipinski definition) is 0. The third-order valence-electron chi connectivity index (χ3n) is 4.73. The Hall–Kier alpha value is -1.39. The standard InChI is InChI=1S/C16H29N3O6S/c1-3-25-16(21)18-7-4-14(5-8-18)19(26(2,22)23)9-6-15(20)17-10-12-24-13-11-17/h14H,3-13H2,1-2H3. The minimum Gasteiger partial charge on any atom is -0.450 e. The van der Waals surface area contributed by atoms with Crippen LogP contribution in [0.1, 0.15) is 26.2 Å². The van der Waals surface area contributed by atoms with E-state index in [9.17, 15) is 18.0 Å². The molecule has 0 aromatic rings. The molecule has 2 amide bonds. The predicted octanol–water partition coefficient (Wildman–Crippen LogP) is 0.118. The number of morpholine rings is 1. The number of sulfonamides is 1. The fraction of sp³-hybridized carbons (Fsp3) is 0.875. The second kappa shape index (κ2) is 9.52. The Morgan fingerprint density at radius 3 is 2.27 bits per heavy atom. The van der Waals surface area contributed by atoms with Gasteiger partial charge in [-0.3, -0.25) is 4.79 Å². The SMILES string of the molecule is CCOC(=O)N1CCC(N(CCC(=O)N2CCOCC2)S(C)(=O)=O)CC1. The summed E-state index contributed by atoms with van der Waals surface area (Å²) in [7, 11) is -3.44. The summed E-state index contributed by atoms with van der Waals surface area (Å²) in [6.07, 6.45) is 2.05. The van der Waals surface area contributed by atoms with Crippen molar-refractivity contribution in [1.29, 1.82) is 0 Å². The van der Waals surface area contributed by atoms with Crippen LogP contribution in [0.4, 0.5) is 4.79 Å². The minimum absolute atomic E-state index is 0.0501. The Bertz CT molecular complexity index is 583. The number of carbonyl (C=O) groups excluding carboxylic acids is 2. The van der Waals surface area contributed by atoms with Gasteiger partial charge in [0.25, 0.3) is 0 Å². The van der Waals surface area contributed by atoms with Gasteiger partial charge in [-0.15, -0.1) is 0 Å². The van der Waals surface area contributed by atoms with Crippen LogP contribution in [0.25, 0.3) is 0 Å². The van der Waals surface area contributed by atoms with Gasteiger partial charge in [0.05, 0.1) is 26.1 Å². The van der Waals surface area contributed by atoms with Crippen molar-refractivity contribution in [3.63, 3.8) is 0 Å². The molecular weight excluding hydrogens is 362 g/mol. The topological polar surface area (TPSA) is 96.5 Å². The first kappa shape index (κ1) is 20.9. The zero-order chi connectivity index (χ0) is 19.2. The van der Waals surface area contributed by atoms with E-state index in [-0.39, 0.29) is 31.0 Å². The molecule has 0 unspecified atom stereocenters. The molecule has 0 N–H and O–H groups in total. The number of nitrogens with zero attached hydrogens (tertiary/aromatic N) is 3. The van der Waals surface area contributed by atoms with E-state index >= 15 is 0 Å². The summed E-state index contributed by atoms with van der Waals surface area (Å²) in [5.41, 5.74) is 0. The van der Waals surface area contributed by atoms with Crippen LogP contribution in [0.2, 0.25) is 0 Å². The molecule has 10 heteroatoms. The summed E-state index contributed by atoms with van der Waals surface area (Å²) in [6.45, 7) is 5.28. The summed E-state index contributed by atoms with van der Waals surface area (Å²) in [5.74, 6) is -0.0501. The van der Waals surface area contributed by atoms with E-state index < -0.39 is 10.0 Å². The lowest BCUT2D eigenvalue weighted by atomic mass is 10.1. The molecule has 9 nitrogen and oxygen atoms in total. The maximum atomic E-state index is 12.3. The molecule has 0 saturated carbocycles. The van der Waals surface area contributed by atoms with E-state index in [4.69, 9.17) is 9.47 Å². The minimum atomic E-state index is -3.44. The summed E-state index contributed by atoms with van der Waals surface area (Å²) in [6, 6.07) is -0.201. The van der Waals surface area contributed by atoms with E-state index in [0.717, 1.165) is 0 Å². The van der Waals surface area contributed by atoms with Crippen molar-refractivity contribution in [1.82, 2.24) is 14.1 Å². The van der Waals surface area contributed by atoms with Crippen molar-refractivity contribution in [3.05, 3.63) is 0 Å². The Morgan fingerprint density at radius 2 is 1.73 bits per heavy atom. The summed E-state index contributed by atoms with van der Waals surface area (Å²) in [4.78, 5) is 27.4. The number of hydrogen-bond acceptors (Lipinski definition) is 6. The zero-order valence-corrected chi connectivity index (χ0v) is 16.4. The highest BCUT2D eigenvalue weighted by molar-refractivity contribution is 7.88. The highest BCUT2D eigenvalue weighted by atomic mass is 32.2. The van der Waals surface area contributed by atoms with Crippen LogP contribution < -0.4 is 0 Å². The molecule has 0 spiro atoms. The molecule has 0 aliphatic carbocycles. The van der Waals surface area contributed by atoms with Crippen LogP contribution in [0.5, 0.6) is 0 Å². The lowest BCUT2D eigenvalue weighted by Crippen LogP contribution is -2.49. The average Bonchev–Trinajstić information content (AvgIpc) is 2.62. The quantitative estimate of drug-likeness (QED) is 0.638. The van der Waals surface area contributed by atoms with Crippen LogP contribution in [-0.4, -0.2) is 99.4 Å². The van der Waals surface area contributed by atoms with Crippen LogP contribution in [0, 0.1) is 0 Å². The molecule has 0 aromatic heterocycles. The Labute approximate surface area is 155 Å². The maximum absolute atomic E-state index is 12.3. The van der Waals surface area contributed by atoms with E-state index in [1.807, 2.05) is 0 Å². The van der Waals surface area contributed by atoms with Crippen LogP contribution >= 0.6 is 0 Å². The van der Waals surface area contributed by atoms with E-state index in [2.05, 4.69) is 0 Å². The van der Waals surface area contributed by atoms with Crippen molar-refractivity contribution in [2.45, 2.75) is 32.2 Å². The van der Waals surface area contributed by atoms with Crippen molar-refractivity contribution in [2.24, 2.45) is 0 Å². The van der Waals surface area contributed by atoms with Gasteiger partial charge < -0.3 is 19.3 Å². The first-order valence-electron chi connectivity index (χ1n) is 9.07. The summed E-state index contributed by atoms with van der Waals surface area (Å²) in [5, 5.41) is 0. The summed E-state index contributed by atoms with van der Waals surface area (Å²) >= 11 is 0. The average molecular weight is 391 g/mol. The number of amides is 2. The van der Waals surface area contributed by atoms with Crippen LogP contribution in [0.15, 0.2) is 0 Å². The van der Waals surface area contributed by atoms with Crippen molar-refractivity contribution in [3.8, 4) is 0 Å². The van der Waals surface area contributed by atoms with E-state index in [1.165, 1.54) is 10.6 Å². The number of ether oxygens (including phenoxy) is 2. The molecule has 2 rings (SSSR count). The van der Waals surface area contributed by atoms with Gasteiger partial charge >= 0.3 is 6.09 Å². The molecule has 26 heavy (non-hydrogen) atoms. The van der Waals surface area contributed by atoms with Gasteiger partial charge in [0.15, 0.2) is 0 Å². The Kier molecular flexibility index (Phi) is 7.66. The van der Waals surface area contributed by atoms with Gasteiger partial charge in [0.1, 0.15) is 0 Å². The second-order valence-corrected chi connectivity index (χ2v) is 8.47. The van der Waals surface area contributed by atoms with Crippen molar-refractivity contribution >= 4 is 22.0 Å². The largest absolute Gasteiger partial charge is 0.450 e. The first-order chi connectivity index (χ1) is 12.3. The highest BCUT2D eigenvalue weighted by Gasteiger charge is 2.32. The molecule has 0 aromatic carbocycles. The van der Waals surface area contributed by atoms with Crippen LogP contribution in [0.3, 0.4) is 0 Å². The lowest BCUT2D eigenvalue weighted by Gasteiger charge is -2.37. The third-order valence-corrected chi connectivity index (χ3v) is 6.07.